The highest BCUT2D eigenvalue weighted by Crippen LogP contribution is 2.25. The molecule has 1 amide bonds. The molecule has 0 fully saturated rings. The average Bonchev–Trinajstić information content (AvgIpc) is 2.76. The molecule has 0 aliphatic rings. The maximum absolute atomic E-state index is 12.5. The van der Waals surface area contributed by atoms with E-state index in [1.54, 1.807) is 6.20 Å². The molecule has 0 saturated heterocycles. The first-order valence-corrected chi connectivity index (χ1v) is 10.1. The normalized spacial score (nSPS) is 10.8. The van der Waals surface area contributed by atoms with Crippen LogP contribution in [0.25, 0.3) is 11.0 Å². The Hall–Kier alpha value is -3.35. The molecule has 158 valence electrons. The van der Waals surface area contributed by atoms with Crippen LogP contribution in [0.1, 0.15) is 30.7 Å². The highest BCUT2D eigenvalue weighted by molar-refractivity contribution is 5.84. The first-order valence-electron chi connectivity index (χ1n) is 10.1. The summed E-state index contributed by atoms with van der Waals surface area (Å²) < 4.78 is 10.8. The van der Waals surface area contributed by atoms with Crippen LogP contribution in [-0.4, -0.2) is 30.8 Å². The minimum atomic E-state index is -0.549. The number of hydrogen-bond donors (Lipinski definition) is 1. The fourth-order valence-electron chi connectivity index (χ4n) is 3.42. The molecule has 1 N–H and O–H groups in total. The zero-order valence-electron chi connectivity index (χ0n) is 17.6. The highest BCUT2D eigenvalue weighted by Gasteiger charge is 2.14. The molecule has 3 rings (SSSR count). The lowest BCUT2D eigenvalue weighted by Gasteiger charge is -2.21. The number of rotatable bonds is 8. The first kappa shape index (κ1) is 21.4. The van der Waals surface area contributed by atoms with Gasteiger partial charge in [-0.3, -0.25) is 4.98 Å². The van der Waals surface area contributed by atoms with Crippen LogP contribution in [0.3, 0.4) is 0 Å². The first-order chi connectivity index (χ1) is 14.5. The number of hydrogen-bond acceptors (Lipinski definition) is 6. The van der Waals surface area contributed by atoms with E-state index in [1.165, 1.54) is 0 Å². The van der Waals surface area contributed by atoms with E-state index in [2.05, 4.69) is 29.0 Å². The number of nitrogens with zero attached hydrogens (tertiary/aromatic N) is 2. The molecule has 0 spiro atoms. The third-order valence-electron chi connectivity index (χ3n) is 5.12. The lowest BCUT2D eigenvalue weighted by molar-refractivity contribution is 0.146. The predicted molar refractivity (Wildman–Crippen MR) is 117 cm³/mol. The van der Waals surface area contributed by atoms with E-state index in [9.17, 15) is 9.59 Å². The smallest absolute Gasteiger partial charge is 0.407 e. The van der Waals surface area contributed by atoms with Crippen LogP contribution in [0.5, 0.6) is 0 Å². The van der Waals surface area contributed by atoms with Crippen molar-refractivity contribution in [2.75, 3.05) is 24.6 Å². The summed E-state index contributed by atoms with van der Waals surface area (Å²) in [7, 11) is 0. The maximum atomic E-state index is 12.5. The van der Waals surface area contributed by atoms with Crippen molar-refractivity contribution in [1.29, 1.82) is 0 Å². The van der Waals surface area contributed by atoms with Gasteiger partial charge in [0.1, 0.15) is 5.58 Å². The van der Waals surface area contributed by atoms with Gasteiger partial charge in [0.05, 0.1) is 18.8 Å². The Morgan fingerprint density at radius 1 is 1.20 bits per heavy atom. The number of anilines is 1. The number of aryl methyl sites for hydroxylation is 1. The van der Waals surface area contributed by atoms with E-state index < -0.39 is 11.7 Å². The molecule has 3 aromatic rings. The molecule has 30 heavy (non-hydrogen) atoms. The van der Waals surface area contributed by atoms with Crippen molar-refractivity contribution < 1.29 is 13.9 Å². The molecule has 0 atom stereocenters. The Morgan fingerprint density at radius 3 is 2.70 bits per heavy atom. The SMILES string of the molecule is CCN(CC)c1ccc2c(C)c(CCOC(=O)NCc3ccccn3)c(=O)oc2c1. The van der Waals surface area contributed by atoms with Crippen LogP contribution in [0.2, 0.25) is 0 Å². The molecule has 0 saturated carbocycles. The number of amides is 1. The fourth-order valence-corrected chi connectivity index (χ4v) is 3.42. The van der Waals surface area contributed by atoms with Gasteiger partial charge in [-0.1, -0.05) is 6.07 Å². The number of fused-ring (bicyclic) bond motifs is 1. The molecule has 2 heterocycles. The van der Waals surface area contributed by atoms with Crippen LogP contribution in [0.15, 0.2) is 51.8 Å². The van der Waals surface area contributed by atoms with Crippen LogP contribution in [0.4, 0.5) is 10.5 Å². The molecule has 7 heteroatoms. The summed E-state index contributed by atoms with van der Waals surface area (Å²) in [5.74, 6) is 0. The van der Waals surface area contributed by atoms with E-state index in [-0.39, 0.29) is 13.2 Å². The monoisotopic (exact) mass is 409 g/mol. The second-order valence-electron chi connectivity index (χ2n) is 6.91. The number of alkyl carbamates (subject to hydrolysis) is 1. The fraction of sp³-hybridized carbons (Fsp3) is 0.348. The highest BCUT2D eigenvalue weighted by atomic mass is 16.5. The zero-order valence-corrected chi connectivity index (χ0v) is 17.6. The van der Waals surface area contributed by atoms with Gasteiger partial charge in [0, 0.05) is 48.4 Å². The van der Waals surface area contributed by atoms with Gasteiger partial charge in [0.2, 0.25) is 0 Å². The van der Waals surface area contributed by atoms with Crippen LogP contribution in [0, 0.1) is 6.92 Å². The summed E-state index contributed by atoms with van der Waals surface area (Å²) in [6, 6.07) is 11.4. The number of benzene rings is 1. The summed E-state index contributed by atoms with van der Waals surface area (Å²) >= 11 is 0. The van der Waals surface area contributed by atoms with Crippen molar-refractivity contribution in [3.8, 4) is 0 Å². The molecular formula is C23H27N3O4. The number of carbonyl (C=O) groups is 1. The molecule has 7 nitrogen and oxygen atoms in total. The third-order valence-corrected chi connectivity index (χ3v) is 5.12. The van der Waals surface area contributed by atoms with Gasteiger partial charge in [0.25, 0.3) is 0 Å². The Morgan fingerprint density at radius 2 is 2.00 bits per heavy atom. The predicted octanol–water partition coefficient (Wildman–Crippen LogP) is 3.81. The standard InChI is InChI=1S/C23H27N3O4/c1-4-26(5-2)18-9-10-19-16(3)20(22(27)30-21(19)14-18)11-13-29-23(28)25-15-17-8-6-7-12-24-17/h6-10,12,14H,4-5,11,13,15H2,1-3H3,(H,25,28). The maximum Gasteiger partial charge on any atom is 0.407 e. The molecule has 0 radical (unpaired) electrons. The number of nitrogens with one attached hydrogen (secondary N) is 1. The van der Waals surface area contributed by atoms with Crippen molar-refractivity contribution in [3.63, 3.8) is 0 Å². The van der Waals surface area contributed by atoms with Gasteiger partial charge < -0.3 is 19.4 Å². The Bertz CT molecular complexity index is 1060. The summed E-state index contributed by atoms with van der Waals surface area (Å²) in [5.41, 5.74) is 3.31. The van der Waals surface area contributed by atoms with Crippen molar-refractivity contribution in [3.05, 3.63) is 69.8 Å². The van der Waals surface area contributed by atoms with Gasteiger partial charge in [0.15, 0.2) is 0 Å². The van der Waals surface area contributed by atoms with E-state index in [0.717, 1.165) is 35.4 Å². The summed E-state index contributed by atoms with van der Waals surface area (Å²) in [6.07, 6.45) is 1.40. The Kier molecular flexibility index (Phi) is 7.06. The van der Waals surface area contributed by atoms with E-state index >= 15 is 0 Å². The summed E-state index contributed by atoms with van der Waals surface area (Å²) in [4.78, 5) is 30.7. The average molecular weight is 409 g/mol. The van der Waals surface area contributed by atoms with Crippen molar-refractivity contribution in [2.24, 2.45) is 0 Å². The quantitative estimate of drug-likeness (QED) is 0.570. The van der Waals surface area contributed by atoms with Gasteiger partial charge in [-0.25, -0.2) is 9.59 Å². The largest absolute Gasteiger partial charge is 0.449 e. The Balaban J connectivity index is 1.65. The summed E-state index contributed by atoms with van der Waals surface area (Å²) in [5, 5.41) is 3.53. The minimum absolute atomic E-state index is 0.0860. The van der Waals surface area contributed by atoms with E-state index in [0.29, 0.717) is 17.6 Å². The molecular weight excluding hydrogens is 382 g/mol. The van der Waals surface area contributed by atoms with Crippen molar-refractivity contribution in [1.82, 2.24) is 10.3 Å². The second-order valence-corrected chi connectivity index (χ2v) is 6.91. The van der Waals surface area contributed by atoms with Crippen molar-refractivity contribution >= 4 is 22.7 Å². The van der Waals surface area contributed by atoms with Gasteiger partial charge in [-0.15, -0.1) is 0 Å². The molecule has 0 unspecified atom stereocenters. The summed E-state index contributed by atoms with van der Waals surface area (Å²) in [6.45, 7) is 8.20. The molecule has 0 aliphatic carbocycles. The number of pyridine rings is 1. The van der Waals surface area contributed by atoms with E-state index in [4.69, 9.17) is 9.15 Å². The Labute approximate surface area is 175 Å². The van der Waals surface area contributed by atoms with Crippen LogP contribution < -0.4 is 15.8 Å². The minimum Gasteiger partial charge on any atom is -0.449 e. The zero-order chi connectivity index (χ0) is 21.5. The lowest BCUT2D eigenvalue weighted by Crippen LogP contribution is -2.25. The van der Waals surface area contributed by atoms with Gasteiger partial charge in [-0.2, -0.15) is 0 Å². The topological polar surface area (TPSA) is 84.7 Å². The number of aromatic nitrogens is 1. The van der Waals surface area contributed by atoms with Gasteiger partial charge in [-0.05, 0) is 50.6 Å². The molecule has 0 bridgehead atoms. The number of carbonyl (C=O) groups excluding carboxylic acids is 1. The van der Waals surface area contributed by atoms with Gasteiger partial charge >= 0.3 is 11.7 Å². The molecule has 0 aliphatic heterocycles. The lowest BCUT2D eigenvalue weighted by atomic mass is 10.0. The van der Waals surface area contributed by atoms with E-state index in [1.807, 2.05) is 43.3 Å². The second kappa shape index (κ2) is 9.91. The number of ether oxygens (including phenoxy) is 1. The molecule has 2 aromatic heterocycles. The van der Waals surface area contributed by atoms with Crippen LogP contribution >= 0.6 is 0 Å². The molecule has 1 aromatic carbocycles. The third kappa shape index (κ3) is 4.97. The van der Waals surface area contributed by atoms with Crippen LogP contribution in [-0.2, 0) is 17.7 Å². The van der Waals surface area contributed by atoms with Crippen molar-refractivity contribution in [2.45, 2.75) is 33.7 Å².